The maximum Gasteiger partial charge on any atom is 0.192 e. The molecule has 3 aromatic carbocycles. The van der Waals surface area contributed by atoms with Crippen LogP contribution in [0.15, 0.2) is 84.5 Å². The van der Waals surface area contributed by atoms with E-state index >= 15 is 0 Å². The van der Waals surface area contributed by atoms with E-state index in [1.807, 2.05) is 30.3 Å². The molecule has 0 aliphatic carbocycles. The van der Waals surface area contributed by atoms with Gasteiger partial charge < -0.3 is 9.47 Å². The van der Waals surface area contributed by atoms with Crippen LogP contribution in [-0.2, 0) is 12.3 Å². The summed E-state index contributed by atoms with van der Waals surface area (Å²) in [5.41, 5.74) is 1.28. The zero-order valence-corrected chi connectivity index (χ0v) is 17.2. The Hall–Kier alpha value is -3.25. The molecule has 1 aromatic heterocycles. The summed E-state index contributed by atoms with van der Waals surface area (Å²) in [6, 6.07) is 22.5. The molecule has 0 saturated carbocycles. The predicted molar refractivity (Wildman–Crippen MR) is 119 cm³/mol. The van der Waals surface area contributed by atoms with Gasteiger partial charge in [-0.2, -0.15) is 0 Å². The molecule has 150 valence electrons. The molecule has 5 nitrogen and oxygen atoms in total. The molecule has 0 saturated heterocycles. The van der Waals surface area contributed by atoms with Crippen molar-refractivity contribution in [2.24, 2.45) is 0 Å². The van der Waals surface area contributed by atoms with E-state index in [2.05, 4.69) is 63.8 Å². The summed E-state index contributed by atoms with van der Waals surface area (Å²) in [6.07, 6.45) is 1.55. The molecule has 1 aliphatic rings. The summed E-state index contributed by atoms with van der Waals surface area (Å²) in [6.45, 7) is 4.92. The fourth-order valence-electron chi connectivity index (χ4n) is 3.65. The number of aromatic nitrogens is 3. The first-order valence-electron chi connectivity index (χ1n) is 9.85. The van der Waals surface area contributed by atoms with Crippen LogP contribution in [0.3, 0.4) is 0 Å². The van der Waals surface area contributed by atoms with Crippen molar-refractivity contribution in [3.63, 3.8) is 0 Å². The maximum absolute atomic E-state index is 6.15. The van der Waals surface area contributed by atoms with Crippen molar-refractivity contribution in [2.45, 2.75) is 23.6 Å². The average Bonchev–Trinajstić information content (AvgIpc) is 3.20. The highest BCUT2D eigenvalue weighted by atomic mass is 32.2. The van der Waals surface area contributed by atoms with Gasteiger partial charge in [-0.05, 0) is 28.5 Å². The molecule has 0 spiro atoms. The third-order valence-corrected chi connectivity index (χ3v) is 6.11. The van der Waals surface area contributed by atoms with Crippen molar-refractivity contribution < 1.29 is 9.47 Å². The Bertz CT molecular complexity index is 1200. The topological polar surface area (TPSA) is 49.2 Å². The SMILES string of the molecule is C=CCn1c(SCc2cccc3ccccc23)nnc1[C@H]1COc2ccccc2O1. The number of benzene rings is 3. The Morgan fingerprint density at radius 2 is 1.80 bits per heavy atom. The van der Waals surface area contributed by atoms with Gasteiger partial charge in [-0.15, -0.1) is 16.8 Å². The van der Waals surface area contributed by atoms with Crippen LogP contribution < -0.4 is 9.47 Å². The van der Waals surface area contributed by atoms with Gasteiger partial charge >= 0.3 is 0 Å². The molecular formula is C24H21N3O2S. The monoisotopic (exact) mass is 415 g/mol. The number of hydrogen-bond donors (Lipinski definition) is 0. The van der Waals surface area contributed by atoms with Gasteiger partial charge in [0.25, 0.3) is 0 Å². The van der Waals surface area contributed by atoms with E-state index in [-0.39, 0.29) is 6.10 Å². The van der Waals surface area contributed by atoms with Crippen molar-refractivity contribution in [1.82, 2.24) is 14.8 Å². The molecule has 2 heterocycles. The fraction of sp³-hybridized carbons (Fsp3) is 0.167. The van der Waals surface area contributed by atoms with E-state index < -0.39 is 0 Å². The van der Waals surface area contributed by atoms with E-state index in [9.17, 15) is 0 Å². The molecule has 5 rings (SSSR count). The molecule has 0 radical (unpaired) electrons. The smallest absolute Gasteiger partial charge is 0.192 e. The molecule has 0 amide bonds. The van der Waals surface area contributed by atoms with Crippen LogP contribution in [0.25, 0.3) is 10.8 Å². The van der Waals surface area contributed by atoms with Crippen LogP contribution in [0.5, 0.6) is 11.5 Å². The van der Waals surface area contributed by atoms with Gasteiger partial charge in [0.1, 0.15) is 6.61 Å². The third-order valence-electron chi connectivity index (χ3n) is 5.09. The van der Waals surface area contributed by atoms with Crippen LogP contribution in [0.2, 0.25) is 0 Å². The predicted octanol–water partition coefficient (Wildman–Crippen LogP) is 5.42. The van der Waals surface area contributed by atoms with Gasteiger partial charge in [-0.3, -0.25) is 4.57 Å². The Kier molecular flexibility index (Phi) is 5.15. The van der Waals surface area contributed by atoms with Crippen LogP contribution in [-0.4, -0.2) is 21.4 Å². The number of para-hydroxylation sites is 2. The zero-order valence-electron chi connectivity index (χ0n) is 16.4. The van der Waals surface area contributed by atoms with E-state index in [1.165, 1.54) is 16.3 Å². The highest BCUT2D eigenvalue weighted by Crippen LogP contribution is 2.36. The normalized spacial score (nSPS) is 15.3. The highest BCUT2D eigenvalue weighted by molar-refractivity contribution is 7.98. The standard InChI is InChI=1S/C24H21N3O2S/c1-2-14-27-23(22-15-28-20-12-5-6-13-21(20)29-22)25-26-24(27)30-16-18-10-7-9-17-8-3-4-11-19(17)18/h2-13,22H,1,14-16H2/t22-/m1/s1. The Morgan fingerprint density at radius 1 is 1.00 bits per heavy atom. The van der Waals surface area contributed by atoms with E-state index in [0.29, 0.717) is 13.2 Å². The number of fused-ring (bicyclic) bond motifs is 2. The van der Waals surface area contributed by atoms with Crippen molar-refractivity contribution in [3.05, 3.63) is 90.8 Å². The van der Waals surface area contributed by atoms with Crippen LogP contribution in [0.1, 0.15) is 17.5 Å². The molecule has 0 fully saturated rings. The Labute approximate surface area is 179 Å². The Morgan fingerprint density at radius 3 is 2.70 bits per heavy atom. The lowest BCUT2D eigenvalue weighted by molar-refractivity contribution is 0.0821. The van der Waals surface area contributed by atoms with Crippen LogP contribution in [0.4, 0.5) is 0 Å². The molecule has 6 heteroatoms. The second-order valence-electron chi connectivity index (χ2n) is 7.03. The summed E-state index contributed by atoms with van der Waals surface area (Å²) < 4.78 is 14.1. The first kappa shape index (κ1) is 18.8. The quantitative estimate of drug-likeness (QED) is 0.311. The lowest BCUT2D eigenvalue weighted by atomic mass is 10.1. The minimum atomic E-state index is -0.306. The number of thioether (sulfide) groups is 1. The molecule has 1 atom stereocenters. The highest BCUT2D eigenvalue weighted by Gasteiger charge is 2.28. The summed E-state index contributed by atoms with van der Waals surface area (Å²) >= 11 is 1.67. The van der Waals surface area contributed by atoms with E-state index in [0.717, 1.165) is 28.2 Å². The average molecular weight is 416 g/mol. The molecule has 0 bridgehead atoms. The molecule has 4 aromatic rings. The number of hydrogen-bond acceptors (Lipinski definition) is 5. The van der Waals surface area contributed by atoms with Crippen molar-refractivity contribution >= 4 is 22.5 Å². The second-order valence-corrected chi connectivity index (χ2v) is 7.97. The number of ether oxygens (including phenoxy) is 2. The number of allylic oxidation sites excluding steroid dienone is 1. The summed E-state index contributed by atoms with van der Waals surface area (Å²) in [4.78, 5) is 0. The number of rotatable bonds is 6. The minimum Gasteiger partial charge on any atom is -0.485 e. The minimum absolute atomic E-state index is 0.306. The first-order valence-corrected chi connectivity index (χ1v) is 10.8. The Balaban J connectivity index is 1.40. The number of nitrogens with zero attached hydrogens (tertiary/aromatic N) is 3. The van der Waals surface area contributed by atoms with E-state index in [1.54, 1.807) is 11.8 Å². The van der Waals surface area contributed by atoms with Crippen LogP contribution >= 0.6 is 11.8 Å². The van der Waals surface area contributed by atoms with Crippen LogP contribution in [0, 0.1) is 0 Å². The summed E-state index contributed by atoms with van der Waals surface area (Å²) in [5.74, 6) is 3.05. The summed E-state index contributed by atoms with van der Waals surface area (Å²) in [7, 11) is 0. The van der Waals surface area contributed by atoms with Gasteiger partial charge in [-0.1, -0.05) is 72.4 Å². The van der Waals surface area contributed by atoms with Gasteiger partial charge in [0.15, 0.2) is 28.6 Å². The van der Waals surface area contributed by atoms with Gasteiger partial charge in [-0.25, -0.2) is 0 Å². The largest absolute Gasteiger partial charge is 0.485 e. The van der Waals surface area contributed by atoms with Crippen molar-refractivity contribution in [2.75, 3.05) is 6.61 Å². The van der Waals surface area contributed by atoms with E-state index in [4.69, 9.17) is 9.47 Å². The maximum atomic E-state index is 6.15. The molecule has 30 heavy (non-hydrogen) atoms. The van der Waals surface area contributed by atoms with Gasteiger partial charge in [0, 0.05) is 12.3 Å². The molecule has 0 N–H and O–H groups in total. The molecular weight excluding hydrogens is 394 g/mol. The van der Waals surface area contributed by atoms with Crippen molar-refractivity contribution in [1.29, 1.82) is 0 Å². The lowest BCUT2D eigenvalue weighted by Crippen LogP contribution is -2.25. The molecule has 0 unspecified atom stereocenters. The van der Waals surface area contributed by atoms with Gasteiger partial charge in [0.05, 0.1) is 0 Å². The lowest BCUT2D eigenvalue weighted by Gasteiger charge is -2.26. The zero-order chi connectivity index (χ0) is 20.3. The second kappa shape index (κ2) is 8.24. The first-order chi connectivity index (χ1) is 14.8. The third kappa shape index (κ3) is 3.55. The molecule has 1 aliphatic heterocycles. The van der Waals surface area contributed by atoms with Gasteiger partial charge in [0.2, 0.25) is 0 Å². The van der Waals surface area contributed by atoms with Crippen molar-refractivity contribution in [3.8, 4) is 11.5 Å². The fourth-order valence-corrected chi connectivity index (χ4v) is 4.61. The summed E-state index contributed by atoms with van der Waals surface area (Å²) in [5, 5.41) is 12.3.